The lowest BCUT2D eigenvalue weighted by atomic mass is 10.1. The maximum atomic E-state index is 12.5. The van der Waals surface area contributed by atoms with Gasteiger partial charge in [-0.1, -0.05) is 12.1 Å². The van der Waals surface area contributed by atoms with Crippen molar-refractivity contribution in [3.05, 3.63) is 47.4 Å². The van der Waals surface area contributed by atoms with Crippen molar-refractivity contribution >= 4 is 5.91 Å². The second-order valence-corrected chi connectivity index (χ2v) is 4.56. The van der Waals surface area contributed by atoms with E-state index in [1.54, 1.807) is 7.05 Å². The first-order valence-electron chi connectivity index (χ1n) is 6.24. The van der Waals surface area contributed by atoms with Gasteiger partial charge in [0, 0.05) is 13.6 Å². The molecule has 0 N–H and O–H groups in total. The van der Waals surface area contributed by atoms with Crippen LogP contribution in [0.1, 0.15) is 11.1 Å². The molecule has 0 fully saturated rings. The Bertz CT molecular complexity index is 537. The highest BCUT2D eigenvalue weighted by Crippen LogP contribution is 2.29. The van der Waals surface area contributed by atoms with E-state index in [-0.39, 0.29) is 18.2 Å². The summed E-state index contributed by atoms with van der Waals surface area (Å²) in [5.41, 5.74) is -0.122. The van der Waals surface area contributed by atoms with Crippen molar-refractivity contribution in [2.75, 3.05) is 20.3 Å². The maximum Gasteiger partial charge on any atom is 0.416 e. The minimum absolute atomic E-state index is 0.0932. The Balaban J connectivity index is 2.00. The fourth-order valence-electron chi connectivity index (χ4n) is 1.81. The molecule has 0 aromatic heterocycles. The van der Waals surface area contributed by atoms with Gasteiger partial charge in [0.25, 0.3) is 5.91 Å². The van der Waals surface area contributed by atoms with E-state index in [0.717, 1.165) is 12.1 Å². The molecule has 1 amide bonds. The molecule has 2 rings (SSSR count). The molecule has 0 bridgehead atoms. The molecule has 1 aliphatic rings. The fraction of sp³-hybridized carbons (Fsp3) is 0.357. The van der Waals surface area contributed by atoms with Gasteiger partial charge in [-0.25, -0.2) is 0 Å². The first-order valence-corrected chi connectivity index (χ1v) is 6.24. The number of ether oxygens (including phenoxy) is 2. The van der Waals surface area contributed by atoms with Gasteiger partial charge in [0.05, 0.1) is 5.56 Å². The van der Waals surface area contributed by atoms with Crippen LogP contribution in [0.2, 0.25) is 0 Å². The number of halogens is 3. The zero-order valence-corrected chi connectivity index (χ0v) is 11.3. The summed E-state index contributed by atoms with van der Waals surface area (Å²) in [6.45, 7) is 0.864. The van der Waals surface area contributed by atoms with Gasteiger partial charge in [-0.05, 0) is 17.7 Å². The van der Waals surface area contributed by atoms with Crippen molar-refractivity contribution in [1.29, 1.82) is 0 Å². The molecule has 0 unspecified atom stereocenters. The lowest BCUT2D eigenvalue weighted by molar-refractivity contribution is -0.137. The van der Waals surface area contributed by atoms with Crippen LogP contribution in [-0.2, 0) is 27.0 Å². The first kappa shape index (κ1) is 15.2. The van der Waals surface area contributed by atoms with Gasteiger partial charge in [-0.3, -0.25) is 4.79 Å². The topological polar surface area (TPSA) is 38.8 Å². The zero-order chi connectivity index (χ0) is 15.5. The second-order valence-electron chi connectivity index (χ2n) is 4.56. The molecule has 1 aromatic rings. The van der Waals surface area contributed by atoms with Crippen LogP contribution in [0.5, 0.6) is 0 Å². The molecule has 1 aliphatic heterocycles. The number of hydrogen-bond acceptors (Lipinski definition) is 3. The number of rotatable bonds is 3. The second kappa shape index (κ2) is 6.07. The minimum atomic E-state index is -4.36. The van der Waals surface area contributed by atoms with Crippen molar-refractivity contribution in [2.45, 2.75) is 12.7 Å². The summed E-state index contributed by atoms with van der Waals surface area (Å²) >= 11 is 0. The van der Waals surface area contributed by atoms with Crippen LogP contribution in [0.4, 0.5) is 13.2 Å². The Hall–Kier alpha value is -2.18. The molecular weight excluding hydrogens is 287 g/mol. The SMILES string of the molecule is CN(Cc1ccc(C(F)(F)F)cc1)C(=O)C1=COCCO1. The summed E-state index contributed by atoms with van der Waals surface area (Å²) < 4.78 is 47.5. The largest absolute Gasteiger partial charge is 0.494 e. The van der Waals surface area contributed by atoms with E-state index in [1.165, 1.54) is 23.3 Å². The van der Waals surface area contributed by atoms with Crippen LogP contribution in [0, 0.1) is 0 Å². The summed E-state index contributed by atoms with van der Waals surface area (Å²) in [6, 6.07) is 4.68. The van der Waals surface area contributed by atoms with Gasteiger partial charge in [-0.2, -0.15) is 13.2 Å². The number of amides is 1. The number of carbonyl (C=O) groups is 1. The highest BCUT2D eigenvalue weighted by atomic mass is 19.4. The molecule has 114 valence electrons. The van der Waals surface area contributed by atoms with Gasteiger partial charge in [-0.15, -0.1) is 0 Å². The number of alkyl halides is 3. The molecule has 4 nitrogen and oxygen atoms in total. The predicted octanol–water partition coefficient (Wildman–Crippen LogP) is 2.55. The monoisotopic (exact) mass is 301 g/mol. The number of benzene rings is 1. The Morgan fingerprint density at radius 1 is 1.24 bits per heavy atom. The molecule has 7 heteroatoms. The third-order valence-electron chi connectivity index (χ3n) is 2.91. The highest BCUT2D eigenvalue weighted by Gasteiger charge is 2.30. The van der Waals surface area contributed by atoms with Gasteiger partial charge < -0.3 is 14.4 Å². The molecule has 0 radical (unpaired) electrons. The summed E-state index contributed by atoms with van der Waals surface area (Å²) in [5.74, 6) is -0.287. The standard InChI is InChI=1S/C14H14F3NO3/c1-18(13(19)12-9-20-6-7-21-12)8-10-2-4-11(5-3-10)14(15,16)17/h2-5,9H,6-8H2,1H3. The summed E-state index contributed by atoms with van der Waals surface area (Å²) in [6.07, 6.45) is -3.12. The van der Waals surface area contributed by atoms with E-state index < -0.39 is 11.7 Å². The van der Waals surface area contributed by atoms with Crippen molar-refractivity contribution in [2.24, 2.45) is 0 Å². The van der Waals surface area contributed by atoms with Gasteiger partial charge >= 0.3 is 6.18 Å². The maximum absolute atomic E-state index is 12.5. The molecule has 1 heterocycles. The van der Waals surface area contributed by atoms with Crippen LogP contribution in [-0.4, -0.2) is 31.1 Å². The Morgan fingerprint density at radius 3 is 2.43 bits per heavy atom. The number of hydrogen-bond donors (Lipinski definition) is 0. The average molecular weight is 301 g/mol. The Morgan fingerprint density at radius 2 is 1.90 bits per heavy atom. The molecule has 0 spiro atoms. The van der Waals surface area contributed by atoms with Gasteiger partial charge in [0.1, 0.15) is 19.5 Å². The summed E-state index contributed by atoms with van der Waals surface area (Å²) in [7, 11) is 1.54. The van der Waals surface area contributed by atoms with E-state index in [0.29, 0.717) is 18.8 Å². The summed E-state index contributed by atoms with van der Waals surface area (Å²) in [4.78, 5) is 13.4. The third kappa shape index (κ3) is 3.90. The number of nitrogens with zero attached hydrogens (tertiary/aromatic N) is 1. The number of likely N-dealkylation sites (N-methyl/N-ethyl adjacent to an activating group) is 1. The van der Waals surface area contributed by atoms with E-state index in [2.05, 4.69) is 0 Å². The first-order chi connectivity index (χ1) is 9.88. The molecular formula is C14H14F3NO3. The third-order valence-corrected chi connectivity index (χ3v) is 2.91. The molecule has 0 saturated heterocycles. The zero-order valence-electron chi connectivity index (χ0n) is 11.3. The summed E-state index contributed by atoms with van der Waals surface area (Å²) in [5, 5.41) is 0. The van der Waals surface area contributed by atoms with E-state index in [1.807, 2.05) is 0 Å². The number of carbonyl (C=O) groups excluding carboxylic acids is 1. The average Bonchev–Trinajstić information content (AvgIpc) is 2.47. The van der Waals surface area contributed by atoms with Crippen LogP contribution in [0.3, 0.4) is 0 Å². The molecule has 0 atom stereocenters. The molecule has 0 aliphatic carbocycles. The highest BCUT2D eigenvalue weighted by molar-refractivity contribution is 5.91. The van der Waals surface area contributed by atoms with Crippen LogP contribution in [0.15, 0.2) is 36.3 Å². The van der Waals surface area contributed by atoms with Gasteiger partial charge in [0.2, 0.25) is 5.76 Å². The van der Waals surface area contributed by atoms with E-state index >= 15 is 0 Å². The van der Waals surface area contributed by atoms with E-state index in [9.17, 15) is 18.0 Å². The minimum Gasteiger partial charge on any atom is -0.494 e. The smallest absolute Gasteiger partial charge is 0.416 e. The lowest BCUT2D eigenvalue weighted by Crippen LogP contribution is -2.30. The Kier molecular flexibility index (Phi) is 4.40. The molecule has 1 aromatic carbocycles. The predicted molar refractivity (Wildman–Crippen MR) is 67.9 cm³/mol. The van der Waals surface area contributed by atoms with E-state index in [4.69, 9.17) is 9.47 Å². The molecule has 21 heavy (non-hydrogen) atoms. The van der Waals surface area contributed by atoms with Crippen LogP contribution in [0.25, 0.3) is 0 Å². The fourth-order valence-corrected chi connectivity index (χ4v) is 1.81. The van der Waals surface area contributed by atoms with Crippen molar-refractivity contribution in [3.8, 4) is 0 Å². The van der Waals surface area contributed by atoms with Crippen molar-refractivity contribution in [1.82, 2.24) is 4.90 Å². The van der Waals surface area contributed by atoms with Crippen LogP contribution < -0.4 is 0 Å². The lowest BCUT2D eigenvalue weighted by Gasteiger charge is -2.21. The molecule has 0 saturated carbocycles. The van der Waals surface area contributed by atoms with Crippen LogP contribution >= 0.6 is 0 Å². The normalized spacial score (nSPS) is 14.8. The van der Waals surface area contributed by atoms with Gasteiger partial charge in [0.15, 0.2) is 0 Å². The van der Waals surface area contributed by atoms with Crippen molar-refractivity contribution in [3.63, 3.8) is 0 Å². The Labute approximate surface area is 119 Å². The van der Waals surface area contributed by atoms with Crippen molar-refractivity contribution < 1.29 is 27.4 Å². The quantitative estimate of drug-likeness (QED) is 0.861.